The number of primary amides is 1. The predicted molar refractivity (Wildman–Crippen MR) is 149 cm³/mol. The summed E-state index contributed by atoms with van der Waals surface area (Å²) < 4.78 is -0.665. The van der Waals surface area contributed by atoms with E-state index < -0.39 is 10.4 Å². The van der Waals surface area contributed by atoms with Crippen molar-refractivity contribution in [3.63, 3.8) is 0 Å². The highest BCUT2D eigenvalue weighted by Crippen LogP contribution is 2.26. The second-order valence-electron chi connectivity index (χ2n) is 9.77. The fourth-order valence-corrected chi connectivity index (χ4v) is 4.10. The van der Waals surface area contributed by atoms with Gasteiger partial charge in [-0.05, 0) is 18.8 Å². The molecule has 5 heteroatoms. The van der Waals surface area contributed by atoms with E-state index >= 15 is 0 Å². The molecule has 0 aromatic carbocycles. The lowest BCUT2D eigenvalue weighted by Gasteiger charge is -2.21. The van der Waals surface area contributed by atoms with Crippen molar-refractivity contribution in [3.05, 3.63) is 0 Å². The van der Waals surface area contributed by atoms with Gasteiger partial charge in [0.25, 0.3) is 0 Å². The number of unbranched alkanes of at least 4 members (excludes halogenated alkanes) is 13. The van der Waals surface area contributed by atoms with Crippen molar-refractivity contribution in [2.45, 2.75) is 161 Å². The maximum atomic E-state index is 11.3. The van der Waals surface area contributed by atoms with Gasteiger partial charge in [0, 0.05) is 0 Å². The summed E-state index contributed by atoms with van der Waals surface area (Å²) in [4.78, 5) is 21.6. The van der Waals surface area contributed by atoms with Gasteiger partial charge in [-0.15, -0.1) is 0 Å². The number of nitrogens with two attached hydrogens (primary N) is 1. The number of halogens is 1. The Bertz CT molecular complexity index is 453. The molecule has 0 aromatic heterocycles. The number of carbonyl (C=O) groups is 2. The minimum Gasteiger partial charge on any atom is -0.351 e. The van der Waals surface area contributed by atoms with Gasteiger partial charge in [-0.1, -0.05) is 160 Å². The van der Waals surface area contributed by atoms with Crippen molar-refractivity contribution in [3.8, 4) is 0 Å². The van der Waals surface area contributed by atoms with Crippen LogP contribution in [0.1, 0.15) is 157 Å². The number of nitrogens with one attached hydrogen (secondary N) is 1. The summed E-state index contributed by atoms with van der Waals surface area (Å²) in [7, 11) is 0. The van der Waals surface area contributed by atoms with E-state index in [0.29, 0.717) is 12.8 Å². The van der Waals surface area contributed by atoms with Crippen molar-refractivity contribution in [2.24, 2.45) is 11.7 Å². The van der Waals surface area contributed by atoms with Gasteiger partial charge in [0.2, 0.25) is 5.91 Å². The van der Waals surface area contributed by atoms with Crippen molar-refractivity contribution < 1.29 is 9.59 Å². The van der Waals surface area contributed by atoms with Crippen LogP contribution in [0.5, 0.6) is 0 Å². The summed E-state index contributed by atoms with van der Waals surface area (Å²) in [5.74, 6) is 0.595. The van der Waals surface area contributed by atoms with Crippen LogP contribution in [0.4, 0.5) is 4.79 Å². The number of amides is 3. The summed E-state index contributed by atoms with van der Waals surface area (Å²) in [5.41, 5.74) is 4.81. The third kappa shape index (κ3) is 23.0. The van der Waals surface area contributed by atoms with Crippen LogP contribution in [0.15, 0.2) is 0 Å². The predicted octanol–water partition coefficient (Wildman–Crippen LogP) is 9.43. The van der Waals surface area contributed by atoms with Gasteiger partial charge in [-0.3, -0.25) is 10.1 Å². The van der Waals surface area contributed by atoms with Gasteiger partial charge < -0.3 is 5.73 Å². The summed E-state index contributed by atoms with van der Waals surface area (Å²) >= 11 is 3.26. The van der Waals surface area contributed by atoms with E-state index in [2.05, 4.69) is 36.7 Å². The van der Waals surface area contributed by atoms with Gasteiger partial charge >= 0.3 is 6.03 Å². The Morgan fingerprint density at radius 1 is 0.697 bits per heavy atom. The average molecular weight is 534 g/mol. The molecule has 1 unspecified atom stereocenters. The molecule has 0 radical (unpaired) electrons. The maximum absolute atomic E-state index is 11.3. The molecule has 198 valence electrons. The van der Waals surface area contributed by atoms with E-state index in [9.17, 15) is 9.59 Å². The first kappa shape index (κ1) is 34.6. The number of carbonyl (C=O) groups excluding carboxylic acids is 2. The number of imide groups is 1. The molecule has 0 aromatic rings. The zero-order chi connectivity index (χ0) is 25.4. The summed E-state index contributed by atoms with van der Waals surface area (Å²) in [6.07, 6.45) is 26.0. The maximum Gasteiger partial charge on any atom is 0.318 e. The molecule has 0 aliphatic carbocycles. The second kappa shape index (κ2) is 24.5. The molecule has 0 aliphatic rings. The van der Waals surface area contributed by atoms with Gasteiger partial charge in [-0.25, -0.2) is 4.79 Å². The van der Waals surface area contributed by atoms with Crippen molar-refractivity contribution in [1.29, 1.82) is 0 Å². The van der Waals surface area contributed by atoms with Crippen molar-refractivity contribution in [1.82, 2.24) is 5.32 Å². The monoisotopic (exact) mass is 532 g/mol. The van der Waals surface area contributed by atoms with Crippen LogP contribution < -0.4 is 11.1 Å². The molecule has 0 aliphatic heterocycles. The highest BCUT2D eigenvalue weighted by Gasteiger charge is 2.32. The first-order valence-electron chi connectivity index (χ1n) is 14.1. The van der Waals surface area contributed by atoms with E-state index in [1.807, 2.05) is 19.2 Å². The SMILES string of the molecule is CCC(Br)(CC)C(=O)NC(N)=O.CCCCCCCCCCCCCCCC(C)CCCC. The Hall–Kier alpha value is -0.580. The third-order valence-electron chi connectivity index (χ3n) is 6.62. The molecule has 33 heavy (non-hydrogen) atoms. The second-order valence-corrected chi connectivity index (χ2v) is 11.3. The van der Waals surface area contributed by atoms with Gasteiger partial charge in [0.1, 0.15) is 4.32 Å². The third-order valence-corrected chi connectivity index (χ3v) is 8.10. The summed E-state index contributed by atoms with van der Waals surface area (Å²) in [6.45, 7) is 10.8. The van der Waals surface area contributed by atoms with E-state index in [0.717, 1.165) is 5.92 Å². The van der Waals surface area contributed by atoms with Crippen LogP contribution in [-0.2, 0) is 4.79 Å². The van der Waals surface area contributed by atoms with E-state index in [4.69, 9.17) is 5.73 Å². The van der Waals surface area contributed by atoms with Crippen molar-refractivity contribution >= 4 is 27.9 Å². The zero-order valence-corrected chi connectivity index (χ0v) is 24.4. The highest BCUT2D eigenvalue weighted by atomic mass is 79.9. The van der Waals surface area contributed by atoms with E-state index in [1.54, 1.807) is 0 Å². The lowest BCUT2D eigenvalue weighted by molar-refractivity contribution is -0.122. The molecule has 0 saturated carbocycles. The zero-order valence-electron chi connectivity index (χ0n) is 22.8. The van der Waals surface area contributed by atoms with Crippen LogP contribution in [0.2, 0.25) is 0 Å². The van der Waals surface area contributed by atoms with E-state index in [1.165, 1.54) is 109 Å². The van der Waals surface area contributed by atoms with Crippen LogP contribution in [0, 0.1) is 5.92 Å². The minimum absolute atomic E-state index is 0.375. The Labute approximate surface area is 215 Å². The lowest BCUT2D eigenvalue weighted by atomic mass is 9.97. The van der Waals surface area contributed by atoms with Gasteiger partial charge in [0.05, 0.1) is 0 Å². The molecule has 0 saturated heterocycles. The Kier molecular flexibility index (Phi) is 25.7. The van der Waals surface area contributed by atoms with E-state index in [-0.39, 0.29) is 5.91 Å². The normalized spacial score (nSPS) is 12.1. The number of rotatable bonds is 20. The molecule has 4 nitrogen and oxygen atoms in total. The first-order chi connectivity index (χ1) is 15.8. The quantitative estimate of drug-likeness (QED) is 0.121. The van der Waals surface area contributed by atoms with Crippen LogP contribution >= 0.6 is 15.9 Å². The molecule has 0 heterocycles. The first-order valence-corrected chi connectivity index (χ1v) is 14.9. The van der Waals surface area contributed by atoms with Gasteiger partial charge in [-0.2, -0.15) is 0 Å². The molecule has 1 atom stereocenters. The molecule has 3 N–H and O–H groups in total. The highest BCUT2D eigenvalue weighted by molar-refractivity contribution is 9.10. The number of hydrogen-bond acceptors (Lipinski definition) is 2. The fraction of sp³-hybridized carbons (Fsp3) is 0.929. The smallest absolute Gasteiger partial charge is 0.318 e. The molecular weight excluding hydrogens is 476 g/mol. The largest absolute Gasteiger partial charge is 0.351 e. The van der Waals surface area contributed by atoms with Crippen LogP contribution in [0.3, 0.4) is 0 Å². The number of alkyl halides is 1. The molecule has 0 rings (SSSR count). The summed E-state index contributed by atoms with van der Waals surface area (Å²) in [5, 5.41) is 2.04. The average Bonchev–Trinajstić information content (AvgIpc) is 2.80. The summed E-state index contributed by atoms with van der Waals surface area (Å²) in [6, 6.07) is -0.814. The molecule has 3 amide bonds. The number of hydrogen-bond donors (Lipinski definition) is 2. The lowest BCUT2D eigenvalue weighted by Crippen LogP contribution is -2.46. The molecule has 0 spiro atoms. The molecular formula is C28H57BrN2O2. The van der Waals surface area contributed by atoms with Gasteiger partial charge in [0.15, 0.2) is 0 Å². The number of urea groups is 1. The van der Waals surface area contributed by atoms with Crippen molar-refractivity contribution in [2.75, 3.05) is 0 Å². The minimum atomic E-state index is -0.814. The fourth-order valence-electron chi connectivity index (χ4n) is 4.00. The standard InChI is InChI=1S/C21H44.C7H13BrN2O2/c1-4-6-8-9-10-11-12-13-14-15-16-17-18-20-21(3)19-7-5-2;1-3-7(8,4-2)5(11)10-6(9)12/h21H,4-20H2,1-3H3;3-4H2,1-2H3,(H3,9,10,11,12). The topological polar surface area (TPSA) is 72.2 Å². The Balaban J connectivity index is 0. The Morgan fingerprint density at radius 2 is 1.06 bits per heavy atom. The molecule has 0 bridgehead atoms. The van der Waals surface area contributed by atoms with Crippen LogP contribution in [-0.4, -0.2) is 16.3 Å². The Morgan fingerprint density at radius 3 is 1.42 bits per heavy atom. The van der Waals surface area contributed by atoms with Crippen LogP contribution in [0.25, 0.3) is 0 Å². The molecule has 0 fully saturated rings.